The van der Waals surface area contributed by atoms with Crippen LogP contribution in [-0.2, 0) is 9.36 Å². The summed E-state index contributed by atoms with van der Waals surface area (Å²) in [4.78, 5) is 32.7. The first-order valence-corrected chi connectivity index (χ1v) is 5.42. The van der Waals surface area contributed by atoms with Gasteiger partial charge in [0.15, 0.2) is 0 Å². The SMILES string of the molecule is CCN(CC)C(=O)CP(=O)([O-])[O-].[Na+].[Na+]. The quantitative estimate of drug-likeness (QED) is 0.360. The van der Waals surface area contributed by atoms with Crippen molar-refractivity contribution >= 4 is 13.5 Å². The van der Waals surface area contributed by atoms with Crippen LogP contribution in [0.4, 0.5) is 0 Å². The Bertz CT molecular complexity index is 204. The molecule has 0 aliphatic rings. The number of nitrogens with zero attached hydrogens (tertiary/aromatic N) is 1. The second kappa shape index (κ2) is 9.82. The molecule has 0 saturated heterocycles. The molecule has 0 aliphatic heterocycles. The van der Waals surface area contributed by atoms with Crippen LogP contribution in [0.25, 0.3) is 0 Å². The summed E-state index contributed by atoms with van der Waals surface area (Å²) >= 11 is 0. The molecule has 0 spiro atoms. The standard InChI is InChI=1S/C6H14NO4P.2Na/c1-3-7(4-2)6(8)5-12(9,10)11;;/h3-5H2,1-2H3,(H2,9,10,11);;/q;2*+1/p-2. The van der Waals surface area contributed by atoms with Crippen molar-refractivity contribution in [3.05, 3.63) is 0 Å². The van der Waals surface area contributed by atoms with Gasteiger partial charge in [-0.15, -0.1) is 0 Å². The van der Waals surface area contributed by atoms with E-state index in [0.29, 0.717) is 13.1 Å². The van der Waals surface area contributed by atoms with Crippen molar-refractivity contribution in [2.45, 2.75) is 13.8 Å². The van der Waals surface area contributed by atoms with E-state index >= 15 is 0 Å². The Morgan fingerprint density at radius 1 is 1.21 bits per heavy atom. The number of hydrogen-bond donors (Lipinski definition) is 0. The van der Waals surface area contributed by atoms with Crippen molar-refractivity contribution in [2.24, 2.45) is 0 Å². The van der Waals surface area contributed by atoms with Gasteiger partial charge in [-0.2, -0.15) is 0 Å². The molecule has 0 atom stereocenters. The second-order valence-corrected chi connectivity index (χ2v) is 3.87. The Hall–Kier alpha value is 1.62. The molecular formula is C6H12NNa2O4P. The Balaban J connectivity index is -0.000000605. The van der Waals surface area contributed by atoms with E-state index in [2.05, 4.69) is 0 Å². The Morgan fingerprint density at radius 3 is 1.79 bits per heavy atom. The molecule has 0 aromatic heterocycles. The average Bonchev–Trinajstić information content (AvgIpc) is 1.85. The summed E-state index contributed by atoms with van der Waals surface area (Å²) in [5.41, 5.74) is 0. The van der Waals surface area contributed by atoms with Crippen LogP contribution < -0.4 is 68.9 Å². The van der Waals surface area contributed by atoms with Gasteiger partial charge in [-0.05, 0) is 13.8 Å². The van der Waals surface area contributed by atoms with Crippen LogP contribution in [0.15, 0.2) is 0 Å². The van der Waals surface area contributed by atoms with E-state index in [9.17, 15) is 19.1 Å². The van der Waals surface area contributed by atoms with E-state index in [1.807, 2.05) is 0 Å². The molecule has 0 bridgehead atoms. The molecule has 0 aromatic rings. The molecular weight excluding hydrogens is 227 g/mol. The summed E-state index contributed by atoms with van der Waals surface area (Å²) in [6.07, 6.45) is -0.908. The number of amides is 1. The third kappa shape index (κ3) is 10.1. The van der Waals surface area contributed by atoms with E-state index in [1.165, 1.54) is 4.90 Å². The Kier molecular flexibility index (Phi) is 14.7. The molecule has 0 saturated carbocycles. The van der Waals surface area contributed by atoms with Crippen molar-refractivity contribution in [1.29, 1.82) is 0 Å². The molecule has 72 valence electrons. The minimum atomic E-state index is -4.69. The fourth-order valence-corrected chi connectivity index (χ4v) is 1.37. The summed E-state index contributed by atoms with van der Waals surface area (Å²) in [5, 5.41) is 0. The molecule has 0 rings (SSSR count). The van der Waals surface area contributed by atoms with Crippen LogP contribution in [-0.4, -0.2) is 30.1 Å². The Labute approximate surface area is 128 Å². The van der Waals surface area contributed by atoms with Crippen LogP contribution in [0.1, 0.15) is 13.8 Å². The predicted molar refractivity (Wildman–Crippen MR) is 40.4 cm³/mol. The van der Waals surface area contributed by atoms with Gasteiger partial charge >= 0.3 is 59.1 Å². The second-order valence-electron chi connectivity index (χ2n) is 2.34. The van der Waals surface area contributed by atoms with Gasteiger partial charge in [-0.25, -0.2) is 0 Å². The number of rotatable bonds is 4. The van der Waals surface area contributed by atoms with Gasteiger partial charge < -0.3 is 19.3 Å². The van der Waals surface area contributed by atoms with Crippen molar-refractivity contribution in [2.75, 3.05) is 19.3 Å². The predicted octanol–water partition coefficient (Wildman–Crippen LogP) is -7.22. The van der Waals surface area contributed by atoms with E-state index in [4.69, 9.17) is 0 Å². The minimum absolute atomic E-state index is 0. The fourth-order valence-electron chi connectivity index (χ4n) is 0.842. The first-order chi connectivity index (χ1) is 5.40. The van der Waals surface area contributed by atoms with Crippen LogP contribution in [0.2, 0.25) is 0 Å². The molecule has 0 aromatic carbocycles. The molecule has 0 radical (unpaired) electrons. The zero-order chi connectivity index (χ0) is 9.78. The molecule has 0 fully saturated rings. The zero-order valence-electron chi connectivity index (χ0n) is 9.15. The zero-order valence-corrected chi connectivity index (χ0v) is 14.0. The maximum absolute atomic E-state index is 11.0. The third-order valence-electron chi connectivity index (χ3n) is 1.45. The topological polar surface area (TPSA) is 83.5 Å². The molecule has 14 heavy (non-hydrogen) atoms. The summed E-state index contributed by atoms with van der Waals surface area (Å²) in [6, 6.07) is 0. The van der Waals surface area contributed by atoms with Crippen molar-refractivity contribution in [3.63, 3.8) is 0 Å². The van der Waals surface area contributed by atoms with Gasteiger partial charge in [0.2, 0.25) is 5.91 Å². The average molecular weight is 239 g/mol. The van der Waals surface area contributed by atoms with Crippen LogP contribution in [0, 0.1) is 0 Å². The van der Waals surface area contributed by atoms with Crippen LogP contribution in [0.3, 0.4) is 0 Å². The molecule has 1 amide bonds. The number of hydrogen-bond acceptors (Lipinski definition) is 4. The van der Waals surface area contributed by atoms with Gasteiger partial charge in [0, 0.05) is 13.1 Å². The summed E-state index contributed by atoms with van der Waals surface area (Å²) in [5.74, 6) is -0.617. The monoisotopic (exact) mass is 239 g/mol. The largest absolute Gasteiger partial charge is 1.00 e. The van der Waals surface area contributed by atoms with Gasteiger partial charge in [-0.3, -0.25) is 4.79 Å². The minimum Gasteiger partial charge on any atom is -0.810 e. The summed E-state index contributed by atoms with van der Waals surface area (Å²) in [7, 11) is -4.69. The molecule has 0 heterocycles. The summed E-state index contributed by atoms with van der Waals surface area (Å²) in [6.45, 7) is 4.30. The molecule has 5 nitrogen and oxygen atoms in total. The molecule has 0 aliphatic carbocycles. The van der Waals surface area contributed by atoms with Crippen molar-refractivity contribution in [1.82, 2.24) is 4.90 Å². The fraction of sp³-hybridized carbons (Fsp3) is 0.833. The summed E-state index contributed by atoms with van der Waals surface area (Å²) < 4.78 is 10.2. The molecule has 8 heteroatoms. The van der Waals surface area contributed by atoms with Crippen LogP contribution in [0.5, 0.6) is 0 Å². The van der Waals surface area contributed by atoms with E-state index in [-0.39, 0.29) is 59.1 Å². The van der Waals surface area contributed by atoms with Gasteiger partial charge in [0.25, 0.3) is 0 Å². The van der Waals surface area contributed by atoms with E-state index in [1.54, 1.807) is 13.8 Å². The van der Waals surface area contributed by atoms with E-state index < -0.39 is 19.7 Å². The molecule has 0 N–H and O–H groups in total. The smallest absolute Gasteiger partial charge is 0.810 e. The first-order valence-electron chi connectivity index (χ1n) is 3.69. The molecule has 0 unspecified atom stereocenters. The van der Waals surface area contributed by atoms with Gasteiger partial charge in [-0.1, -0.05) is 7.60 Å². The Morgan fingerprint density at radius 2 is 1.57 bits per heavy atom. The maximum atomic E-state index is 11.0. The van der Waals surface area contributed by atoms with Crippen molar-refractivity contribution in [3.8, 4) is 0 Å². The first kappa shape index (κ1) is 21.0. The number of carbonyl (C=O) groups is 1. The normalized spacial score (nSPS) is 9.71. The third-order valence-corrected chi connectivity index (χ3v) is 2.10. The van der Waals surface area contributed by atoms with Gasteiger partial charge in [0.05, 0.1) is 6.16 Å². The van der Waals surface area contributed by atoms with Crippen molar-refractivity contribution < 1.29 is 78.3 Å². The number of carbonyl (C=O) groups excluding carboxylic acids is 1. The van der Waals surface area contributed by atoms with E-state index in [0.717, 1.165) is 0 Å². The van der Waals surface area contributed by atoms with Gasteiger partial charge in [0.1, 0.15) is 0 Å². The maximum Gasteiger partial charge on any atom is 1.00 e. The van der Waals surface area contributed by atoms with Crippen LogP contribution >= 0.6 is 7.60 Å².